The molecule has 2 aromatic rings. The van der Waals surface area contributed by atoms with Crippen LogP contribution < -0.4 is 4.90 Å². The van der Waals surface area contributed by atoms with Gasteiger partial charge in [0, 0.05) is 28.2 Å². The van der Waals surface area contributed by atoms with Gasteiger partial charge < -0.3 is 9.33 Å². The van der Waals surface area contributed by atoms with Crippen molar-refractivity contribution in [1.82, 2.24) is 0 Å². The van der Waals surface area contributed by atoms with Crippen LogP contribution in [0, 0.1) is 0 Å². The van der Waals surface area contributed by atoms with Gasteiger partial charge in [0.2, 0.25) is 6.23 Å². The van der Waals surface area contributed by atoms with E-state index in [0.29, 0.717) is 15.8 Å². The molecule has 1 amide bonds. The second kappa shape index (κ2) is 7.16. The Bertz CT molecular complexity index is 893. The van der Waals surface area contributed by atoms with Crippen LogP contribution in [0.25, 0.3) is 0 Å². The summed E-state index contributed by atoms with van der Waals surface area (Å²) in [5.74, 6) is -0.210. The summed E-state index contributed by atoms with van der Waals surface area (Å²) in [5, 5.41) is 1.12. The minimum atomic E-state index is -2.01. The Morgan fingerprint density at radius 3 is 2.42 bits per heavy atom. The lowest BCUT2D eigenvalue weighted by molar-refractivity contribution is -0.124. The molecule has 1 aliphatic heterocycles. The van der Waals surface area contributed by atoms with E-state index in [9.17, 15) is 4.79 Å². The fraction of sp³-hybridized carbons (Fsp3) is 0.263. The van der Waals surface area contributed by atoms with Gasteiger partial charge in [0.25, 0.3) is 5.91 Å². The van der Waals surface area contributed by atoms with Gasteiger partial charge in [-0.05, 0) is 43.9 Å². The third kappa shape index (κ3) is 3.86. The highest BCUT2D eigenvalue weighted by Gasteiger charge is 2.34. The summed E-state index contributed by atoms with van der Waals surface area (Å²) in [5.41, 5.74) is 2.82. The molecule has 0 fully saturated rings. The molecule has 0 aromatic heterocycles. The summed E-state index contributed by atoms with van der Waals surface area (Å²) < 4.78 is 6.08. The van der Waals surface area contributed by atoms with Gasteiger partial charge in [-0.15, -0.1) is 0 Å². The van der Waals surface area contributed by atoms with Crippen LogP contribution in [-0.2, 0) is 9.22 Å². The molecule has 7 heteroatoms. The second-order valence-electron chi connectivity index (χ2n) is 7.10. The third-order valence-corrected chi connectivity index (χ3v) is 5.45. The van der Waals surface area contributed by atoms with E-state index in [4.69, 9.17) is 32.6 Å². The Hall–Kier alpha value is -1.66. The molecule has 26 heavy (non-hydrogen) atoms. The van der Waals surface area contributed by atoms with Gasteiger partial charge in [-0.3, -0.25) is 4.79 Å². The summed E-state index contributed by atoms with van der Waals surface area (Å²) in [7, 11) is -0.287. The van der Waals surface area contributed by atoms with Gasteiger partial charge in [0.1, 0.15) is 0 Å². The fourth-order valence-electron chi connectivity index (χ4n) is 2.80. The van der Waals surface area contributed by atoms with E-state index in [1.807, 2.05) is 43.9 Å². The zero-order chi connectivity index (χ0) is 19.1. The number of anilines is 1. The topological polar surface area (TPSA) is 41.9 Å². The number of carbonyl (C=O) groups excluding carboxylic acids is 1. The number of carbonyl (C=O) groups is 1. The number of likely N-dealkylation sites (N-methyl/N-ethyl adjacent to an activating group) is 1. The SMILES string of the molecule is CN1C(=O)C(O[Si](C)(C)C)N=C(c2ccccc2Cl)c2cc(Cl)ccc21. The molecule has 4 nitrogen and oxygen atoms in total. The standard InChI is InChI=1S/C19H20Cl2N2O2Si/c1-23-16-10-9-12(20)11-14(16)17(13-7-5-6-8-15(13)21)22-18(19(23)24)25-26(2,3)4/h5-11,18H,1-4H3. The monoisotopic (exact) mass is 406 g/mol. The summed E-state index contributed by atoms with van der Waals surface area (Å²) in [6.07, 6.45) is -0.913. The van der Waals surface area contributed by atoms with E-state index >= 15 is 0 Å². The van der Waals surface area contributed by atoms with Crippen molar-refractivity contribution >= 4 is 48.8 Å². The average Bonchev–Trinajstić information content (AvgIpc) is 2.65. The highest BCUT2D eigenvalue weighted by atomic mass is 35.5. The molecule has 0 spiro atoms. The third-order valence-electron chi connectivity index (χ3n) is 3.96. The molecule has 0 saturated carbocycles. The zero-order valence-corrected chi connectivity index (χ0v) is 17.6. The lowest BCUT2D eigenvalue weighted by atomic mass is 10.0. The Labute approximate surface area is 164 Å². The average molecular weight is 407 g/mol. The quantitative estimate of drug-likeness (QED) is 0.673. The van der Waals surface area contributed by atoms with Crippen LogP contribution in [0.2, 0.25) is 29.7 Å². The number of hydrogen-bond donors (Lipinski definition) is 0. The van der Waals surface area contributed by atoms with E-state index in [2.05, 4.69) is 0 Å². The van der Waals surface area contributed by atoms with E-state index in [-0.39, 0.29) is 5.91 Å². The van der Waals surface area contributed by atoms with Crippen molar-refractivity contribution in [2.75, 3.05) is 11.9 Å². The Morgan fingerprint density at radius 1 is 1.08 bits per heavy atom. The number of hydrogen-bond acceptors (Lipinski definition) is 3. The highest BCUT2D eigenvalue weighted by Crippen LogP contribution is 2.32. The van der Waals surface area contributed by atoms with Crippen LogP contribution in [0.1, 0.15) is 11.1 Å². The van der Waals surface area contributed by atoms with Gasteiger partial charge in [-0.25, -0.2) is 4.99 Å². The van der Waals surface area contributed by atoms with Gasteiger partial charge in [0.15, 0.2) is 8.32 Å². The van der Waals surface area contributed by atoms with Crippen LogP contribution in [0.15, 0.2) is 47.5 Å². The molecule has 0 saturated heterocycles. The normalized spacial score (nSPS) is 17.6. The van der Waals surface area contributed by atoms with E-state index in [0.717, 1.165) is 16.8 Å². The van der Waals surface area contributed by atoms with Crippen molar-refractivity contribution in [3.8, 4) is 0 Å². The minimum absolute atomic E-state index is 0.210. The number of rotatable bonds is 3. The first-order valence-electron chi connectivity index (χ1n) is 8.25. The lowest BCUT2D eigenvalue weighted by Gasteiger charge is -2.25. The number of fused-ring (bicyclic) bond motifs is 1. The number of aliphatic imine (C=N–C) groups is 1. The smallest absolute Gasteiger partial charge is 0.277 e. The van der Waals surface area contributed by atoms with Gasteiger partial charge in [0.05, 0.1) is 11.4 Å². The molecule has 1 heterocycles. The van der Waals surface area contributed by atoms with Crippen LogP contribution in [0.5, 0.6) is 0 Å². The fourth-order valence-corrected chi connectivity index (χ4v) is 4.02. The molecule has 1 unspecified atom stereocenters. The van der Waals surface area contributed by atoms with Crippen LogP contribution >= 0.6 is 23.2 Å². The predicted molar refractivity (Wildman–Crippen MR) is 110 cm³/mol. The predicted octanol–water partition coefficient (Wildman–Crippen LogP) is 4.98. The molecular weight excluding hydrogens is 387 g/mol. The number of benzodiazepines with no additional fused rings is 1. The number of benzene rings is 2. The maximum atomic E-state index is 13.0. The molecule has 136 valence electrons. The zero-order valence-electron chi connectivity index (χ0n) is 15.1. The maximum Gasteiger partial charge on any atom is 0.277 e. The van der Waals surface area contributed by atoms with Crippen LogP contribution in [0.4, 0.5) is 5.69 Å². The molecule has 0 aliphatic carbocycles. The van der Waals surface area contributed by atoms with E-state index in [1.165, 1.54) is 0 Å². The lowest BCUT2D eigenvalue weighted by Crippen LogP contribution is -2.42. The first-order chi connectivity index (χ1) is 12.2. The Kier molecular flexibility index (Phi) is 5.26. The molecule has 1 atom stereocenters. The van der Waals surface area contributed by atoms with E-state index in [1.54, 1.807) is 30.1 Å². The molecular formula is C19H20Cl2N2O2Si. The van der Waals surface area contributed by atoms with Gasteiger partial charge in [-0.2, -0.15) is 0 Å². The van der Waals surface area contributed by atoms with E-state index < -0.39 is 14.5 Å². The molecule has 0 N–H and O–H groups in total. The molecule has 0 bridgehead atoms. The number of halogens is 2. The van der Waals surface area contributed by atoms with Crippen molar-refractivity contribution in [3.05, 3.63) is 63.6 Å². The van der Waals surface area contributed by atoms with Gasteiger partial charge in [-0.1, -0.05) is 41.4 Å². The molecule has 1 aliphatic rings. The number of amides is 1. The first-order valence-corrected chi connectivity index (χ1v) is 12.4. The van der Waals surface area contributed by atoms with Crippen molar-refractivity contribution < 1.29 is 9.22 Å². The minimum Gasteiger partial charge on any atom is -0.389 e. The summed E-state index contributed by atoms with van der Waals surface area (Å²) in [6, 6.07) is 12.8. The summed E-state index contributed by atoms with van der Waals surface area (Å²) >= 11 is 12.7. The molecule has 2 aromatic carbocycles. The van der Waals surface area contributed by atoms with Crippen LogP contribution in [0.3, 0.4) is 0 Å². The Morgan fingerprint density at radius 2 is 1.77 bits per heavy atom. The first kappa shape index (κ1) is 19.1. The molecule has 0 radical (unpaired) electrons. The summed E-state index contributed by atoms with van der Waals surface area (Å²) in [4.78, 5) is 19.3. The second-order valence-corrected chi connectivity index (χ2v) is 12.4. The van der Waals surface area contributed by atoms with Crippen molar-refractivity contribution in [2.45, 2.75) is 25.9 Å². The van der Waals surface area contributed by atoms with Crippen LogP contribution in [-0.4, -0.2) is 33.2 Å². The number of nitrogens with zero attached hydrogens (tertiary/aromatic N) is 2. The largest absolute Gasteiger partial charge is 0.389 e. The molecule has 3 rings (SSSR count). The van der Waals surface area contributed by atoms with Crippen molar-refractivity contribution in [1.29, 1.82) is 0 Å². The highest BCUT2D eigenvalue weighted by molar-refractivity contribution is 6.70. The van der Waals surface area contributed by atoms with Crippen molar-refractivity contribution in [3.63, 3.8) is 0 Å². The maximum absolute atomic E-state index is 13.0. The van der Waals surface area contributed by atoms with Crippen molar-refractivity contribution in [2.24, 2.45) is 4.99 Å². The summed E-state index contributed by atoms with van der Waals surface area (Å²) in [6.45, 7) is 6.08. The van der Waals surface area contributed by atoms with Gasteiger partial charge >= 0.3 is 0 Å². The Balaban J connectivity index is 2.26.